The molecule has 0 fully saturated rings. The van der Waals surface area contributed by atoms with Gasteiger partial charge in [-0.2, -0.15) is 0 Å². The largest absolute Gasteiger partial charge is 0.450 e. The summed E-state index contributed by atoms with van der Waals surface area (Å²) >= 11 is 0. The van der Waals surface area contributed by atoms with Crippen LogP contribution in [0.4, 0.5) is 9.18 Å². The van der Waals surface area contributed by atoms with Gasteiger partial charge in [-0.1, -0.05) is 19.4 Å². The summed E-state index contributed by atoms with van der Waals surface area (Å²) in [5.41, 5.74) is 2.23. The Morgan fingerprint density at radius 3 is 3.04 bits per heavy atom. The van der Waals surface area contributed by atoms with E-state index >= 15 is 0 Å². The van der Waals surface area contributed by atoms with E-state index in [4.69, 9.17) is 4.74 Å². The quantitative estimate of drug-likeness (QED) is 0.635. The lowest BCUT2D eigenvalue weighted by Crippen LogP contribution is -2.43. The summed E-state index contributed by atoms with van der Waals surface area (Å²) in [5.74, 6) is -0.208. The van der Waals surface area contributed by atoms with Crippen LogP contribution in [-0.4, -0.2) is 43.0 Å². The first kappa shape index (κ1) is 18.7. The van der Waals surface area contributed by atoms with Crippen LogP contribution in [0.3, 0.4) is 0 Å². The van der Waals surface area contributed by atoms with Gasteiger partial charge in [-0.15, -0.1) is 0 Å². The highest BCUT2D eigenvalue weighted by Crippen LogP contribution is 2.22. The number of amides is 1. The molecule has 0 aromatic heterocycles. The topological polar surface area (TPSA) is 70.6 Å². The molecule has 2 rings (SSSR count). The van der Waals surface area contributed by atoms with Gasteiger partial charge in [0.25, 0.3) is 0 Å². The van der Waals surface area contributed by atoms with Crippen LogP contribution in [0.2, 0.25) is 0 Å². The second-order valence-electron chi connectivity index (χ2n) is 6.29. The molecule has 1 aromatic carbocycles. The molecule has 1 amide bonds. The van der Waals surface area contributed by atoms with Crippen molar-refractivity contribution < 1.29 is 19.0 Å². The Labute approximate surface area is 142 Å². The number of rotatable bonds is 8. The molecule has 1 aromatic rings. The van der Waals surface area contributed by atoms with E-state index < -0.39 is 12.2 Å². The fourth-order valence-corrected chi connectivity index (χ4v) is 2.84. The zero-order valence-electron chi connectivity index (χ0n) is 14.2. The van der Waals surface area contributed by atoms with Gasteiger partial charge in [0.05, 0.1) is 12.7 Å². The van der Waals surface area contributed by atoms with E-state index in [0.717, 1.165) is 37.7 Å². The minimum atomic E-state index is -0.683. The van der Waals surface area contributed by atoms with Crippen molar-refractivity contribution in [2.24, 2.45) is 0 Å². The molecule has 0 heterocycles. The number of benzene rings is 1. The molecule has 134 valence electrons. The summed E-state index contributed by atoms with van der Waals surface area (Å²) in [6.07, 6.45) is 3.24. The number of hydrogen-bond acceptors (Lipinski definition) is 4. The van der Waals surface area contributed by atoms with Crippen molar-refractivity contribution >= 4 is 6.09 Å². The molecule has 0 saturated carbocycles. The molecule has 0 bridgehead atoms. The van der Waals surface area contributed by atoms with Crippen molar-refractivity contribution in [1.29, 1.82) is 0 Å². The average molecular weight is 338 g/mol. The first-order valence-corrected chi connectivity index (χ1v) is 8.68. The maximum Gasteiger partial charge on any atom is 0.407 e. The molecule has 3 N–H and O–H groups in total. The van der Waals surface area contributed by atoms with E-state index in [2.05, 4.69) is 10.6 Å². The smallest absolute Gasteiger partial charge is 0.407 e. The highest BCUT2D eigenvalue weighted by Gasteiger charge is 2.19. The molecule has 0 spiro atoms. The van der Waals surface area contributed by atoms with Gasteiger partial charge < -0.3 is 20.5 Å². The fraction of sp³-hybridized carbons (Fsp3) is 0.611. The molecule has 1 aliphatic rings. The molecule has 5 nitrogen and oxygen atoms in total. The van der Waals surface area contributed by atoms with Crippen molar-refractivity contribution in [3.63, 3.8) is 0 Å². The lowest BCUT2D eigenvalue weighted by molar-refractivity contribution is 0.127. The molecule has 2 atom stereocenters. The van der Waals surface area contributed by atoms with Gasteiger partial charge in [0.2, 0.25) is 0 Å². The van der Waals surface area contributed by atoms with Crippen molar-refractivity contribution in [2.45, 2.75) is 51.2 Å². The number of halogens is 1. The third-order valence-electron chi connectivity index (χ3n) is 4.25. The highest BCUT2D eigenvalue weighted by atomic mass is 19.1. The van der Waals surface area contributed by atoms with Gasteiger partial charge >= 0.3 is 6.09 Å². The molecule has 0 radical (unpaired) electrons. The second kappa shape index (κ2) is 9.59. The number of carbonyl (C=O) groups excluding carboxylic acids is 1. The van der Waals surface area contributed by atoms with Crippen LogP contribution in [0.25, 0.3) is 0 Å². The zero-order chi connectivity index (χ0) is 17.4. The summed E-state index contributed by atoms with van der Waals surface area (Å²) in [6, 6.07) is 5.16. The maximum atomic E-state index is 13.3. The Kier molecular flexibility index (Phi) is 7.46. The van der Waals surface area contributed by atoms with Crippen molar-refractivity contribution in [2.75, 3.05) is 19.7 Å². The Morgan fingerprint density at radius 2 is 2.25 bits per heavy atom. The van der Waals surface area contributed by atoms with Crippen LogP contribution in [-0.2, 0) is 17.6 Å². The summed E-state index contributed by atoms with van der Waals surface area (Å²) < 4.78 is 18.3. The molecule has 2 unspecified atom stereocenters. The van der Waals surface area contributed by atoms with E-state index in [1.807, 2.05) is 13.0 Å². The Bertz CT molecular complexity index is 539. The predicted molar refractivity (Wildman–Crippen MR) is 90.5 cm³/mol. The van der Waals surface area contributed by atoms with E-state index in [1.54, 1.807) is 6.07 Å². The third kappa shape index (κ3) is 6.09. The first-order valence-electron chi connectivity index (χ1n) is 8.68. The van der Waals surface area contributed by atoms with Crippen LogP contribution in [0.1, 0.15) is 37.3 Å². The summed E-state index contributed by atoms with van der Waals surface area (Å²) in [7, 11) is 0. The minimum Gasteiger partial charge on any atom is -0.450 e. The number of nitrogens with one attached hydrogen (secondary N) is 2. The molecule has 6 heteroatoms. The molecule has 0 aliphatic heterocycles. The van der Waals surface area contributed by atoms with Gasteiger partial charge in [-0.25, -0.2) is 9.18 Å². The van der Waals surface area contributed by atoms with Crippen LogP contribution in [0.5, 0.6) is 0 Å². The van der Waals surface area contributed by atoms with Crippen LogP contribution in [0, 0.1) is 5.82 Å². The molecule has 1 aliphatic carbocycles. The SMILES string of the molecule is CCCCOC(=O)NCC(O)CNC1CCc2ccc(F)cc2C1. The Hall–Kier alpha value is -1.66. The van der Waals surface area contributed by atoms with Crippen molar-refractivity contribution in [3.05, 3.63) is 35.1 Å². The highest BCUT2D eigenvalue weighted by molar-refractivity contribution is 5.67. The van der Waals surface area contributed by atoms with Gasteiger partial charge in [0.1, 0.15) is 5.82 Å². The zero-order valence-corrected chi connectivity index (χ0v) is 14.2. The third-order valence-corrected chi connectivity index (χ3v) is 4.25. The van der Waals surface area contributed by atoms with E-state index in [0.29, 0.717) is 13.2 Å². The normalized spacial score (nSPS) is 17.9. The van der Waals surface area contributed by atoms with Gasteiger partial charge in [0.15, 0.2) is 0 Å². The van der Waals surface area contributed by atoms with E-state index in [9.17, 15) is 14.3 Å². The maximum absolute atomic E-state index is 13.3. The average Bonchev–Trinajstić information content (AvgIpc) is 2.58. The molecule has 24 heavy (non-hydrogen) atoms. The molecular weight excluding hydrogens is 311 g/mol. The van der Waals surface area contributed by atoms with E-state index in [-0.39, 0.29) is 18.4 Å². The number of carbonyl (C=O) groups is 1. The van der Waals surface area contributed by atoms with Crippen molar-refractivity contribution in [3.8, 4) is 0 Å². The summed E-state index contributed by atoms with van der Waals surface area (Å²) in [6.45, 7) is 2.95. The van der Waals surface area contributed by atoms with E-state index in [1.165, 1.54) is 11.6 Å². The molecule has 0 saturated heterocycles. The first-order chi connectivity index (χ1) is 11.6. The predicted octanol–water partition coefficient (Wildman–Crippen LogP) is 2.16. The lowest BCUT2D eigenvalue weighted by atomic mass is 9.88. The fourth-order valence-electron chi connectivity index (χ4n) is 2.84. The number of aliphatic hydroxyl groups excluding tert-OH is 1. The minimum absolute atomic E-state index is 0.149. The van der Waals surface area contributed by atoms with Gasteiger partial charge in [0, 0.05) is 19.1 Å². The summed E-state index contributed by atoms with van der Waals surface area (Å²) in [4.78, 5) is 11.4. The number of fused-ring (bicyclic) bond motifs is 1. The monoisotopic (exact) mass is 338 g/mol. The van der Waals surface area contributed by atoms with Crippen LogP contribution < -0.4 is 10.6 Å². The number of aliphatic hydroxyl groups is 1. The number of alkyl carbamates (subject to hydrolysis) is 1. The summed E-state index contributed by atoms with van der Waals surface area (Å²) in [5, 5.41) is 15.8. The molecular formula is C18H27FN2O3. The van der Waals surface area contributed by atoms with Crippen molar-refractivity contribution in [1.82, 2.24) is 10.6 Å². The van der Waals surface area contributed by atoms with Gasteiger partial charge in [-0.3, -0.25) is 0 Å². The Morgan fingerprint density at radius 1 is 1.42 bits per heavy atom. The van der Waals surface area contributed by atoms with Gasteiger partial charge in [-0.05, 0) is 48.9 Å². The lowest BCUT2D eigenvalue weighted by Gasteiger charge is -2.26. The number of unbranched alkanes of at least 4 members (excludes halogenated alkanes) is 1. The second-order valence-corrected chi connectivity index (χ2v) is 6.29. The Balaban J connectivity index is 1.65. The van der Waals surface area contributed by atoms with Crippen LogP contribution in [0.15, 0.2) is 18.2 Å². The number of ether oxygens (including phenoxy) is 1. The number of aryl methyl sites for hydroxylation is 1. The standard InChI is InChI=1S/C18H27FN2O3/c1-2-3-8-24-18(23)21-12-17(22)11-20-16-7-5-13-4-6-15(19)9-14(13)10-16/h4,6,9,16-17,20,22H,2-3,5,7-8,10-12H2,1H3,(H,21,23). The number of hydrogen-bond donors (Lipinski definition) is 3. The van der Waals surface area contributed by atoms with Crippen LogP contribution >= 0.6 is 0 Å².